The van der Waals surface area contributed by atoms with Crippen LogP contribution in [0.4, 0.5) is 5.82 Å². The predicted molar refractivity (Wildman–Crippen MR) is 125 cm³/mol. The summed E-state index contributed by atoms with van der Waals surface area (Å²) in [5.41, 5.74) is 4.95. The second-order valence-corrected chi connectivity index (χ2v) is 8.38. The number of aromatic nitrogens is 4. The van der Waals surface area contributed by atoms with E-state index in [0.717, 1.165) is 35.9 Å². The Morgan fingerprint density at radius 1 is 1.09 bits per heavy atom. The van der Waals surface area contributed by atoms with Gasteiger partial charge in [-0.05, 0) is 56.4 Å². The van der Waals surface area contributed by atoms with Crippen molar-refractivity contribution >= 4 is 22.8 Å². The zero-order valence-electron chi connectivity index (χ0n) is 18.4. The molecule has 1 N–H and O–H groups in total. The number of carbonyl (C=O) groups excluding carboxylic acids is 1. The Hall–Kier alpha value is -3.61. The number of anilines is 1. The van der Waals surface area contributed by atoms with E-state index in [1.54, 1.807) is 15.3 Å². The van der Waals surface area contributed by atoms with Crippen LogP contribution in [0.3, 0.4) is 0 Å². The number of para-hydroxylation sites is 2. The van der Waals surface area contributed by atoms with Crippen molar-refractivity contribution in [2.24, 2.45) is 0 Å². The second kappa shape index (κ2) is 8.15. The summed E-state index contributed by atoms with van der Waals surface area (Å²) in [6, 6.07) is 16.1. The molecule has 0 saturated carbocycles. The van der Waals surface area contributed by atoms with Crippen LogP contribution in [0.1, 0.15) is 42.5 Å². The van der Waals surface area contributed by atoms with Crippen LogP contribution in [0.5, 0.6) is 0 Å². The fourth-order valence-corrected chi connectivity index (χ4v) is 4.87. The molecule has 0 fully saturated rings. The molecule has 0 bridgehead atoms. The Kier molecular flexibility index (Phi) is 5.17. The third kappa shape index (κ3) is 3.34. The number of benzene rings is 2. The Labute approximate surface area is 186 Å². The number of rotatable bonds is 5. The maximum absolute atomic E-state index is 13.1. The summed E-state index contributed by atoms with van der Waals surface area (Å²) < 4.78 is 5.17. The van der Waals surface area contributed by atoms with Crippen LogP contribution >= 0.6 is 0 Å². The molecule has 0 saturated heterocycles. The lowest BCUT2D eigenvalue weighted by molar-refractivity contribution is -0.116. The van der Waals surface area contributed by atoms with Crippen molar-refractivity contribution in [3.8, 4) is 0 Å². The molecule has 5 rings (SSSR count). The summed E-state index contributed by atoms with van der Waals surface area (Å²) in [5.74, 6) is 0.462. The van der Waals surface area contributed by atoms with E-state index in [9.17, 15) is 9.59 Å². The van der Waals surface area contributed by atoms with Crippen molar-refractivity contribution in [2.45, 2.75) is 52.2 Å². The molecule has 1 aliphatic carbocycles. The summed E-state index contributed by atoms with van der Waals surface area (Å²) in [6.07, 6.45) is 4.92. The standard InChI is InChI=1S/C25H27N5O2/c1-3-28-21-12-6-7-13-22(21)29(25(28)32)16-23(31)27-24-17(2)15-26-30(24)20-14-8-10-18-9-4-5-11-19(18)20/h4-7,9,11-13,15,20H,3,8,10,14,16H2,1-2H3,(H,27,31). The Balaban J connectivity index is 1.45. The van der Waals surface area contributed by atoms with Crippen molar-refractivity contribution in [1.82, 2.24) is 18.9 Å². The number of aryl methyl sites for hydroxylation is 3. The zero-order chi connectivity index (χ0) is 22.2. The Morgan fingerprint density at radius 3 is 2.59 bits per heavy atom. The molecule has 1 aliphatic rings. The fourth-order valence-electron chi connectivity index (χ4n) is 4.87. The van der Waals surface area contributed by atoms with Crippen molar-refractivity contribution in [3.05, 3.63) is 81.9 Å². The molecule has 2 aromatic heterocycles. The lowest BCUT2D eigenvalue weighted by Crippen LogP contribution is -2.30. The SMILES string of the molecule is CCn1c(=O)n(CC(=O)Nc2c(C)cnn2C2CCCc3ccccc32)c2ccccc21. The molecule has 0 spiro atoms. The van der Waals surface area contributed by atoms with Gasteiger partial charge >= 0.3 is 5.69 Å². The number of hydrogen-bond acceptors (Lipinski definition) is 3. The lowest BCUT2D eigenvalue weighted by Gasteiger charge is -2.27. The monoisotopic (exact) mass is 429 g/mol. The molecule has 1 unspecified atom stereocenters. The van der Waals surface area contributed by atoms with Crippen LogP contribution in [-0.2, 0) is 24.3 Å². The normalized spacial score (nSPS) is 15.6. The average molecular weight is 430 g/mol. The van der Waals surface area contributed by atoms with E-state index >= 15 is 0 Å². The molecular weight excluding hydrogens is 402 g/mol. The van der Waals surface area contributed by atoms with Gasteiger partial charge in [-0.25, -0.2) is 9.48 Å². The molecule has 1 atom stereocenters. The Bertz CT molecular complexity index is 1360. The minimum absolute atomic E-state index is 0.0434. The summed E-state index contributed by atoms with van der Waals surface area (Å²) in [5, 5.41) is 7.66. The maximum Gasteiger partial charge on any atom is 0.329 e. The van der Waals surface area contributed by atoms with Gasteiger partial charge in [0.1, 0.15) is 12.4 Å². The average Bonchev–Trinajstić information content (AvgIpc) is 3.30. The Morgan fingerprint density at radius 2 is 1.81 bits per heavy atom. The fraction of sp³-hybridized carbons (Fsp3) is 0.320. The minimum Gasteiger partial charge on any atom is -0.309 e. The third-order valence-corrected chi connectivity index (χ3v) is 6.41. The highest BCUT2D eigenvalue weighted by Gasteiger charge is 2.25. The predicted octanol–water partition coefficient (Wildman–Crippen LogP) is 3.89. The number of imidazole rings is 1. The number of nitrogens with zero attached hydrogens (tertiary/aromatic N) is 4. The van der Waals surface area contributed by atoms with Crippen LogP contribution in [0.2, 0.25) is 0 Å². The summed E-state index contributed by atoms with van der Waals surface area (Å²) in [6.45, 7) is 4.39. The topological polar surface area (TPSA) is 73.8 Å². The van der Waals surface area contributed by atoms with Crippen LogP contribution in [0, 0.1) is 6.92 Å². The van der Waals surface area contributed by atoms with E-state index in [-0.39, 0.29) is 24.2 Å². The first-order chi connectivity index (χ1) is 15.6. The molecule has 4 aromatic rings. The first-order valence-electron chi connectivity index (χ1n) is 11.2. The number of hydrogen-bond donors (Lipinski definition) is 1. The highest BCUT2D eigenvalue weighted by molar-refractivity contribution is 5.91. The largest absolute Gasteiger partial charge is 0.329 e. The van der Waals surface area contributed by atoms with Crippen molar-refractivity contribution < 1.29 is 4.79 Å². The molecule has 1 amide bonds. The molecule has 32 heavy (non-hydrogen) atoms. The number of carbonyl (C=O) groups is 1. The molecule has 2 heterocycles. The highest BCUT2D eigenvalue weighted by atomic mass is 16.2. The van der Waals surface area contributed by atoms with Gasteiger partial charge in [0.15, 0.2) is 0 Å². The van der Waals surface area contributed by atoms with Gasteiger partial charge in [0.2, 0.25) is 5.91 Å². The molecular formula is C25H27N5O2. The van der Waals surface area contributed by atoms with E-state index in [4.69, 9.17) is 0 Å². The molecule has 164 valence electrons. The zero-order valence-corrected chi connectivity index (χ0v) is 18.4. The van der Waals surface area contributed by atoms with Crippen molar-refractivity contribution in [3.63, 3.8) is 0 Å². The molecule has 0 radical (unpaired) electrons. The third-order valence-electron chi connectivity index (χ3n) is 6.41. The van der Waals surface area contributed by atoms with Gasteiger partial charge < -0.3 is 5.32 Å². The van der Waals surface area contributed by atoms with E-state index < -0.39 is 0 Å². The summed E-state index contributed by atoms with van der Waals surface area (Å²) >= 11 is 0. The molecule has 2 aromatic carbocycles. The number of amides is 1. The van der Waals surface area contributed by atoms with E-state index in [1.165, 1.54) is 11.1 Å². The van der Waals surface area contributed by atoms with E-state index in [0.29, 0.717) is 12.4 Å². The van der Waals surface area contributed by atoms with Crippen molar-refractivity contribution in [1.29, 1.82) is 0 Å². The van der Waals surface area contributed by atoms with Crippen LogP contribution in [-0.4, -0.2) is 24.8 Å². The van der Waals surface area contributed by atoms with Gasteiger partial charge in [0.25, 0.3) is 0 Å². The van der Waals surface area contributed by atoms with Gasteiger partial charge in [-0.2, -0.15) is 5.10 Å². The molecule has 7 heteroatoms. The number of fused-ring (bicyclic) bond motifs is 2. The quantitative estimate of drug-likeness (QED) is 0.523. The highest BCUT2D eigenvalue weighted by Crippen LogP contribution is 2.35. The van der Waals surface area contributed by atoms with Crippen LogP contribution < -0.4 is 11.0 Å². The van der Waals surface area contributed by atoms with Crippen LogP contribution in [0.25, 0.3) is 11.0 Å². The van der Waals surface area contributed by atoms with Gasteiger partial charge in [-0.1, -0.05) is 36.4 Å². The van der Waals surface area contributed by atoms with Gasteiger partial charge in [-0.15, -0.1) is 0 Å². The van der Waals surface area contributed by atoms with E-state index in [1.807, 2.05) is 42.8 Å². The van der Waals surface area contributed by atoms with Crippen molar-refractivity contribution in [2.75, 3.05) is 5.32 Å². The first kappa shape index (κ1) is 20.3. The van der Waals surface area contributed by atoms with E-state index in [2.05, 4.69) is 34.7 Å². The smallest absolute Gasteiger partial charge is 0.309 e. The molecule has 0 aliphatic heterocycles. The minimum atomic E-state index is -0.236. The summed E-state index contributed by atoms with van der Waals surface area (Å²) in [7, 11) is 0. The van der Waals surface area contributed by atoms with Gasteiger partial charge in [-0.3, -0.25) is 13.9 Å². The number of nitrogens with one attached hydrogen (secondary N) is 1. The molecule has 7 nitrogen and oxygen atoms in total. The van der Waals surface area contributed by atoms with Crippen LogP contribution in [0.15, 0.2) is 59.5 Å². The maximum atomic E-state index is 13.1. The summed E-state index contributed by atoms with van der Waals surface area (Å²) in [4.78, 5) is 26.0. The van der Waals surface area contributed by atoms with Gasteiger partial charge in [0, 0.05) is 12.1 Å². The first-order valence-corrected chi connectivity index (χ1v) is 11.2. The second-order valence-electron chi connectivity index (χ2n) is 8.38. The van der Waals surface area contributed by atoms with Gasteiger partial charge in [0.05, 0.1) is 23.3 Å². The lowest BCUT2D eigenvalue weighted by atomic mass is 9.88.